The first-order chi connectivity index (χ1) is 14.8. The summed E-state index contributed by atoms with van der Waals surface area (Å²) in [6.07, 6.45) is 5.79. The Hall–Kier alpha value is -3.75. The molecule has 0 aliphatic carbocycles. The molecule has 0 unspecified atom stereocenters. The van der Waals surface area contributed by atoms with Gasteiger partial charge in [-0.2, -0.15) is 4.98 Å². The van der Waals surface area contributed by atoms with E-state index in [0.29, 0.717) is 23.8 Å². The molecule has 9 nitrogen and oxygen atoms in total. The number of imidazole rings is 1. The molecule has 1 fully saturated rings. The van der Waals surface area contributed by atoms with Crippen molar-refractivity contribution in [1.82, 2.24) is 29.8 Å². The van der Waals surface area contributed by atoms with Gasteiger partial charge in [-0.3, -0.25) is 9.78 Å². The summed E-state index contributed by atoms with van der Waals surface area (Å²) in [6, 6.07) is 9.90. The monoisotopic (exact) mass is 402 g/mol. The third kappa shape index (κ3) is 3.73. The summed E-state index contributed by atoms with van der Waals surface area (Å²) < 4.78 is 0. The summed E-state index contributed by atoms with van der Waals surface area (Å²) in [7, 11) is 0. The van der Waals surface area contributed by atoms with E-state index < -0.39 is 0 Å². The molecule has 0 spiro atoms. The molecule has 1 aromatic carbocycles. The number of carbonyl (C=O) groups excluding carboxylic acids is 1. The molecule has 9 heteroatoms. The number of anilines is 3. The van der Waals surface area contributed by atoms with Gasteiger partial charge in [0.05, 0.1) is 5.52 Å². The lowest BCUT2D eigenvalue weighted by Gasteiger charge is -2.15. The molecule has 3 N–H and O–H groups in total. The van der Waals surface area contributed by atoms with Crippen molar-refractivity contribution in [1.29, 1.82) is 0 Å². The first-order valence-corrected chi connectivity index (χ1v) is 10.1. The summed E-state index contributed by atoms with van der Waals surface area (Å²) in [5.74, 6) is 1.56. The fourth-order valence-electron chi connectivity index (χ4n) is 3.73. The second-order valence-corrected chi connectivity index (χ2v) is 7.31. The van der Waals surface area contributed by atoms with Gasteiger partial charge in [0.2, 0.25) is 11.9 Å². The van der Waals surface area contributed by atoms with Crippen LogP contribution < -0.4 is 10.6 Å². The highest BCUT2D eigenvalue weighted by Crippen LogP contribution is 2.23. The number of aromatic amines is 1. The van der Waals surface area contributed by atoms with Gasteiger partial charge in [0, 0.05) is 43.3 Å². The van der Waals surface area contributed by atoms with E-state index in [9.17, 15) is 4.79 Å². The predicted octanol–water partition coefficient (Wildman–Crippen LogP) is 3.07. The van der Waals surface area contributed by atoms with Crippen molar-refractivity contribution in [2.75, 3.05) is 30.3 Å². The second kappa shape index (κ2) is 7.94. The zero-order valence-electron chi connectivity index (χ0n) is 16.4. The molecule has 4 heterocycles. The van der Waals surface area contributed by atoms with Gasteiger partial charge >= 0.3 is 0 Å². The molecular formula is C21H22N8O. The highest BCUT2D eigenvalue weighted by Gasteiger charge is 2.19. The molecule has 152 valence electrons. The summed E-state index contributed by atoms with van der Waals surface area (Å²) >= 11 is 0. The maximum absolute atomic E-state index is 11.7. The molecule has 1 amide bonds. The van der Waals surface area contributed by atoms with Crippen LogP contribution >= 0.6 is 0 Å². The standard InChI is InChI=1S/C21H22N8O/c30-17-5-2-10-29(17)11-3-9-23-19-18-20(25-13-24-19)28-21(27-18)26-15-6-7-16-14(12-15)4-1-8-22-16/h1,4,6-8,12-13H,2-3,5,9-11H2,(H3,23,24,25,26,27,28). The maximum Gasteiger partial charge on any atom is 0.222 e. The highest BCUT2D eigenvalue weighted by molar-refractivity contribution is 5.86. The van der Waals surface area contributed by atoms with Crippen molar-refractivity contribution in [2.45, 2.75) is 19.3 Å². The lowest BCUT2D eigenvalue weighted by Crippen LogP contribution is -2.27. The third-order valence-corrected chi connectivity index (χ3v) is 5.22. The number of aromatic nitrogens is 5. The van der Waals surface area contributed by atoms with Crippen molar-refractivity contribution in [2.24, 2.45) is 0 Å². The normalized spacial score (nSPS) is 14.0. The largest absolute Gasteiger partial charge is 0.368 e. The molecule has 1 saturated heterocycles. The van der Waals surface area contributed by atoms with E-state index in [2.05, 4.69) is 35.6 Å². The van der Waals surface area contributed by atoms with Crippen LogP contribution in [0.15, 0.2) is 42.9 Å². The van der Waals surface area contributed by atoms with E-state index in [4.69, 9.17) is 0 Å². The van der Waals surface area contributed by atoms with Gasteiger partial charge in [0.25, 0.3) is 0 Å². The highest BCUT2D eigenvalue weighted by atomic mass is 16.2. The molecule has 0 saturated carbocycles. The van der Waals surface area contributed by atoms with Gasteiger partial charge in [-0.15, -0.1) is 0 Å². The number of likely N-dealkylation sites (tertiary alicyclic amines) is 1. The Morgan fingerprint density at radius 1 is 1.17 bits per heavy atom. The molecule has 0 atom stereocenters. The van der Waals surface area contributed by atoms with Gasteiger partial charge in [-0.25, -0.2) is 9.97 Å². The molecule has 5 rings (SSSR count). The average Bonchev–Trinajstić information content (AvgIpc) is 3.37. The molecular weight excluding hydrogens is 380 g/mol. The summed E-state index contributed by atoms with van der Waals surface area (Å²) in [4.78, 5) is 34.4. The number of nitrogens with one attached hydrogen (secondary N) is 3. The molecule has 1 aliphatic heterocycles. The van der Waals surface area contributed by atoms with Crippen LogP contribution in [-0.4, -0.2) is 55.4 Å². The number of nitrogens with zero attached hydrogens (tertiary/aromatic N) is 5. The number of hydrogen-bond donors (Lipinski definition) is 3. The van der Waals surface area contributed by atoms with Crippen LogP contribution in [0, 0.1) is 0 Å². The van der Waals surface area contributed by atoms with Crippen LogP contribution in [0.4, 0.5) is 17.5 Å². The molecule has 1 aliphatic rings. The number of amides is 1. The van der Waals surface area contributed by atoms with Gasteiger partial charge in [0.15, 0.2) is 11.5 Å². The quantitative estimate of drug-likeness (QED) is 0.407. The average molecular weight is 402 g/mol. The minimum Gasteiger partial charge on any atom is -0.368 e. The molecule has 0 bridgehead atoms. The minimum absolute atomic E-state index is 0.258. The zero-order valence-corrected chi connectivity index (χ0v) is 16.4. The Balaban J connectivity index is 1.27. The number of H-pyrrole nitrogens is 1. The van der Waals surface area contributed by atoms with Crippen molar-refractivity contribution >= 4 is 45.4 Å². The van der Waals surface area contributed by atoms with Crippen molar-refractivity contribution in [3.05, 3.63) is 42.9 Å². The minimum atomic E-state index is 0.258. The van der Waals surface area contributed by atoms with E-state index >= 15 is 0 Å². The second-order valence-electron chi connectivity index (χ2n) is 7.31. The van der Waals surface area contributed by atoms with Crippen LogP contribution in [-0.2, 0) is 4.79 Å². The topological polar surface area (TPSA) is 112 Å². The Bertz CT molecular complexity index is 1200. The number of pyridine rings is 1. The van der Waals surface area contributed by atoms with E-state index in [1.807, 2.05) is 35.2 Å². The van der Waals surface area contributed by atoms with Crippen molar-refractivity contribution in [3.63, 3.8) is 0 Å². The van der Waals surface area contributed by atoms with E-state index in [-0.39, 0.29) is 5.91 Å². The fourth-order valence-corrected chi connectivity index (χ4v) is 3.73. The summed E-state index contributed by atoms with van der Waals surface area (Å²) in [6.45, 7) is 2.36. The molecule has 0 radical (unpaired) electrons. The third-order valence-electron chi connectivity index (χ3n) is 5.22. The van der Waals surface area contributed by atoms with Crippen LogP contribution in [0.5, 0.6) is 0 Å². The Morgan fingerprint density at radius 3 is 3.03 bits per heavy atom. The van der Waals surface area contributed by atoms with E-state index in [0.717, 1.165) is 54.6 Å². The first kappa shape index (κ1) is 18.3. The number of benzene rings is 1. The molecule has 3 aromatic heterocycles. The Morgan fingerprint density at radius 2 is 2.13 bits per heavy atom. The Kier molecular flexibility index (Phi) is 4.84. The van der Waals surface area contributed by atoms with E-state index in [1.54, 1.807) is 6.20 Å². The molecule has 4 aromatic rings. The number of hydrogen-bond acceptors (Lipinski definition) is 7. The van der Waals surface area contributed by atoms with E-state index in [1.165, 1.54) is 6.33 Å². The van der Waals surface area contributed by atoms with Crippen LogP contribution in [0.1, 0.15) is 19.3 Å². The number of rotatable bonds is 7. The summed E-state index contributed by atoms with van der Waals surface area (Å²) in [5, 5.41) is 7.67. The van der Waals surface area contributed by atoms with Gasteiger partial charge in [0.1, 0.15) is 11.8 Å². The van der Waals surface area contributed by atoms with Crippen LogP contribution in [0.25, 0.3) is 22.1 Å². The van der Waals surface area contributed by atoms with Gasteiger partial charge < -0.3 is 20.5 Å². The smallest absolute Gasteiger partial charge is 0.222 e. The number of carbonyl (C=O) groups is 1. The molecule has 30 heavy (non-hydrogen) atoms. The summed E-state index contributed by atoms with van der Waals surface area (Å²) in [5.41, 5.74) is 3.19. The maximum atomic E-state index is 11.7. The predicted molar refractivity (Wildman–Crippen MR) is 116 cm³/mol. The van der Waals surface area contributed by atoms with Gasteiger partial charge in [-0.1, -0.05) is 6.07 Å². The fraction of sp³-hybridized carbons (Fsp3) is 0.286. The first-order valence-electron chi connectivity index (χ1n) is 10.1. The van der Waals surface area contributed by atoms with Crippen LogP contribution in [0.2, 0.25) is 0 Å². The lowest BCUT2D eigenvalue weighted by atomic mass is 10.2. The lowest BCUT2D eigenvalue weighted by molar-refractivity contribution is -0.127. The zero-order chi connectivity index (χ0) is 20.3. The van der Waals surface area contributed by atoms with Crippen molar-refractivity contribution < 1.29 is 4.79 Å². The van der Waals surface area contributed by atoms with Crippen molar-refractivity contribution in [3.8, 4) is 0 Å². The van der Waals surface area contributed by atoms with Gasteiger partial charge in [-0.05, 0) is 37.1 Å². The number of fused-ring (bicyclic) bond motifs is 2. The SMILES string of the molecule is O=C1CCCN1CCCNc1ncnc2nc(Nc3ccc4ncccc4c3)[nH]c12. The van der Waals surface area contributed by atoms with Crippen LogP contribution in [0.3, 0.4) is 0 Å². The Labute approximate surface area is 173 Å².